The molecule has 6 nitrogen and oxygen atoms in total. The van der Waals surface area contributed by atoms with Gasteiger partial charge in [-0.3, -0.25) is 9.59 Å². The summed E-state index contributed by atoms with van der Waals surface area (Å²) in [4.78, 5) is 29.6. The normalized spacial score (nSPS) is 12.8. The molecule has 34 heavy (non-hydrogen) atoms. The Balaban J connectivity index is 1.76. The van der Waals surface area contributed by atoms with Gasteiger partial charge in [0.05, 0.1) is 13.0 Å². The Bertz CT molecular complexity index is 1090. The predicted molar refractivity (Wildman–Crippen MR) is 130 cm³/mol. The van der Waals surface area contributed by atoms with Gasteiger partial charge in [-0.05, 0) is 31.9 Å². The van der Waals surface area contributed by atoms with Crippen LogP contribution in [-0.2, 0) is 9.53 Å². The summed E-state index contributed by atoms with van der Waals surface area (Å²) in [6.07, 6.45) is 0.780. The Morgan fingerprint density at radius 2 is 1.44 bits per heavy atom. The first-order chi connectivity index (χ1) is 16.2. The molecule has 2 aromatic carbocycles. The SMILES string of the molecule is COc1ccnc(C(=O)C[C@@H](C)C(=O)O[C@@H](C)C(c2ccc(C)cc2)c2ccc(C)cc2)c1O. The summed E-state index contributed by atoms with van der Waals surface area (Å²) in [7, 11) is 1.39. The third-order valence-electron chi connectivity index (χ3n) is 5.91. The number of nitrogens with zero attached hydrogens (tertiary/aromatic N) is 1. The number of carbonyl (C=O) groups excluding carboxylic acids is 2. The molecule has 0 amide bonds. The molecule has 0 aliphatic heterocycles. The molecule has 1 heterocycles. The number of aromatic nitrogens is 1. The summed E-state index contributed by atoms with van der Waals surface area (Å²) in [5.74, 6) is -1.98. The second-order valence-corrected chi connectivity index (χ2v) is 8.68. The molecule has 0 saturated heterocycles. The number of esters is 1. The predicted octanol–water partition coefficient (Wildman–Crippen LogP) is 5.39. The fourth-order valence-electron chi connectivity index (χ4n) is 3.91. The van der Waals surface area contributed by atoms with Gasteiger partial charge < -0.3 is 14.6 Å². The number of aryl methyl sites for hydroxylation is 2. The van der Waals surface area contributed by atoms with Gasteiger partial charge in [-0.25, -0.2) is 4.98 Å². The lowest BCUT2D eigenvalue weighted by Gasteiger charge is -2.26. The lowest BCUT2D eigenvalue weighted by Crippen LogP contribution is -2.28. The van der Waals surface area contributed by atoms with Gasteiger partial charge in [0, 0.05) is 24.6 Å². The van der Waals surface area contributed by atoms with Gasteiger partial charge in [0.1, 0.15) is 6.10 Å². The first-order valence-corrected chi connectivity index (χ1v) is 11.3. The van der Waals surface area contributed by atoms with Gasteiger partial charge in [-0.15, -0.1) is 0 Å². The highest BCUT2D eigenvalue weighted by molar-refractivity contribution is 5.99. The molecule has 3 rings (SSSR count). The van der Waals surface area contributed by atoms with Crippen LogP contribution in [0, 0.1) is 19.8 Å². The van der Waals surface area contributed by atoms with E-state index in [-0.39, 0.29) is 29.5 Å². The number of Topliss-reactive ketones (excluding diaryl/α,β-unsaturated/α-hetero) is 1. The summed E-state index contributed by atoms with van der Waals surface area (Å²) in [5.41, 5.74) is 4.27. The summed E-state index contributed by atoms with van der Waals surface area (Å²) >= 11 is 0. The highest BCUT2D eigenvalue weighted by Crippen LogP contribution is 2.32. The van der Waals surface area contributed by atoms with E-state index in [4.69, 9.17) is 9.47 Å². The van der Waals surface area contributed by atoms with Crippen molar-refractivity contribution in [1.82, 2.24) is 4.98 Å². The molecule has 6 heteroatoms. The molecule has 0 spiro atoms. The highest BCUT2D eigenvalue weighted by Gasteiger charge is 2.29. The van der Waals surface area contributed by atoms with Crippen LogP contribution in [0.4, 0.5) is 0 Å². The number of hydrogen-bond donors (Lipinski definition) is 1. The maximum atomic E-state index is 12.9. The number of carbonyl (C=O) groups is 2. The number of hydrogen-bond acceptors (Lipinski definition) is 6. The van der Waals surface area contributed by atoms with Crippen molar-refractivity contribution >= 4 is 11.8 Å². The third-order valence-corrected chi connectivity index (χ3v) is 5.91. The molecule has 0 aliphatic carbocycles. The standard InChI is InChI=1S/C28H31NO5/c1-17-6-10-21(11-7-17)25(22-12-8-18(2)9-13-22)20(4)34-28(32)19(3)16-23(30)26-27(31)24(33-5)14-15-29-26/h6-15,19-20,25,31H,16H2,1-5H3/t19-,20+/m1/s1. The quantitative estimate of drug-likeness (QED) is 0.340. The Morgan fingerprint density at radius 1 is 0.912 bits per heavy atom. The van der Waals surface area contributed by atoms with E-state index < -0.39 is 23.8 Å². The lowest BCUT2D eigenvalue weighted by molar-refractivity contribution is -0.153. The van der Waals surface area contributed by atoms with E-state index in [2.05, 4.69) is 4.98 Å². The van der Waals surface area contributed by atoms with Crippen LogP contribution in [0.3, 0.4) is 0 Å². The molecule has 178 valence electrons. The number of methoxy groups -OCH3 is 1. The maximum absolute atomic E-state index is 12.9. The maximum Gasteiger partial charge on any atom is 0.309 e. The van der Waals surface area contributed by atoms with Crippen molar-refractivity contribution in [3.8, 4) is 11.5 Å². The molecule has 2 atom stereocenters. The zero-order chi connectivity index (χ0) is 24.8. The van der Waals surface area contributed by atoms with Crippen LogP contribution < -0.4 is 4.74 Å². The Labute approximate surface area is 200 Å². The van der Waals surface area contributed by atoms with Crippen LogP contribution >= 0.6 is 0 Å². The van der Waals surface area contributed by atoms with Crippen molar-refractivity contribution < 1.29 is 24.2 Å². The molecule has 0 saturated carbocycles. The molecule has 0 aliphatic rings. The average Bonchev–Trinajstić information content (AvgIpc) is 2.81. The fourth-order valence-corrected chi connectivity index (χ4v) is 3.91. The van der Waals surface area contributed by atoms with Crippen LogP contribution in [0.2, 0.25) is 0 Å². The van der Waals surface area contributed by atoms with Crippen LogP contribution in [-0.4, -0.2) is 35.1 Å². The summed E-state index contributed by atoms with van der Waals surface area (Å²) in [5, 5.41) is 10.2. The Hall–Kier alpha value is -3.67. The van der Waals surface area contributed by atoms with Gasteiger partial charge in [-0.1, -0.05) is 66.6 Å². The van der Waals surface area contributed by atoms with E-state index in [1.807, 2.05) is 69.3 Å². The van der Waals surface area contributed by atoms with Gasteiger partial charge in [0.15, 0.2) is 23.0 Å². The fraction of sp³-hybridized carbons (Fsp3) is 0.321. The molecule has 1 N–H and O–H groups in total. The van der Waals surface area contributed by atoms with Crippen molar-refractivity contribution in [3.63, 3.8) is 0 Å². The van der Waals surface area contributed by atoms with Crippen molar-refractivity contribution in [3.05, 3.63) is 88.7 Å². The monoisotopic (exact) mass is 461 g/mol. The first kappa shape index (κ1) is 25.0. The molecular weight excluding hydrogens is 430 g/mol. The van der Waals surface area contributed by atoms with Crippen molar-refractivity contribution in [1.29, 1.82) is 0 Å². The smallest absolute Gasteiger partial charge is 0.309 e. The first-order valence-electron chi connectivity index (χ1n) is 11.3. The zero-order valence-corrected chi connectivity index (χ0v) is 20.2. The van der Waals surface area contributed by atoms with Gasteiger partial charge >= 0.3 is 5.97 Å². The number of rotatable bonds is 9. The van der Waals surface area contributed by atoms with E-state index in [0.29, 0.717) is 0 Å². The van der Waals surface area contributed by atoms with Crippen LogP contribution in [0.25, 0.3) is 0 Å². The van der Waals surface area contributed by atoms with Crippen LogP contribution in [0.1, 0.15) is 58.9 Å². The van der Waals surface area contributed by atoms with Crippen LogP contribution in [0.15, 0.2) is 60.8 Å². The molecule has 0 unspecified atom stereocenters. The summed E-state index contributed by atoms with van der Waals surface area (Å²) in [6.45, 7) is 7.56. The van der Waals surface area contributed by atoms with E-state index in [1.165, 1.54) is 19.4 Å². The number of aromatic hydroxyl groups is 1. The van der Waals surface area contributed by atoms with Crippen LogP contribution in [0.5, 0.6) is 11.5 Å². The second-order valence-electron chi connectivity index (χ2n) is 8.68. The minimum atomic E-state index is -0.709. The summed E-state index contributed by atoms with van der Waals surface area (Å²) in [6, 6.07) is 17.8. The van der Waals surface area contributed by atoms with E-state index >= 15 is 0 Å². The van der Waals surface area contributed by atoms with E-state index in [1.54, 1.807) is 6.92 Å². The van der Waals surface area contributed by atoms with Crippen molar-refractivity contribution in [2.45, 2.75) is 46.1 Å². The van der Waals surface area contributed by atoms with Gasteiger partial charge in [0.2, 0.25) is 0 Å². The average molecular weight is 462 g/mol. The van der Waals surface area contributed by atoms with E-state index in [0.717, 1.165) is 22.3 Å². The lowest BCUT2D eigenvalue weighted by atomic mass is 9.86. The van der Waals surface area contributed by atoms with Crippen molar-refractivity contribution in [2.75, 3.05) is 7.11 Å². The Morgan fingerprint density at radius 3 is 1.94 bits per heavy atom. The number of ketones is 1. The second kappa shape index (κ2) is 11.0. The minimum Gasteiger partial charge on any atom is -0.503 e. The van der Waals surface area contributed by atoms with E-state index in [9.17, 15) is 14.7 Å². The Kier molecular flexibility index (Phi) is 8.05. The topological polar surface area (TPSA) is 85.7 Å². The molecule has 0 bridgehead atoms. The summed E-state index contributed by atoms with van der Waals surface area (Å²) < 4.78 is 10.9. The number of pyridine rings is 1. The number of benzene rings is 2. The largest absolute Gasteiger partial charge is 0.503 e. The molecular formula is C28H31NO5. The molecule has 0 radical (unpaired) electrons. The molecule has 0 fully saturated rings. The third kappa shape index (κ3) is 5.81. The van der Waals surface area contributed by atoms with Gasteiger partial charge in [-0.2, -0.15) is 0 Å². The minimum absolute atomic E-state index is 0.121. The zero-order valence-electron chi connectivity index (χ0n) is 20.2. The highest BCUT2D eigenvalue weighted by atomic mass is 16.5. The van der Waals surface area contributed by atoms with Gasteiger partial charge in [0.25, 0.3) is 0 Å². The number of ether oxygens (including phenoxy) is 2. The van der Waals surface area contributed by atoms with Crippen molar-refractivity contribution in [2.24, 2.45) is 5.92 Å². The molecule has 3 aromatic rings. The molecule has 1 aromatic heterocycles.